The number of hydrogen-bond donors (Lipinski definition) is 1. The summed E-state index contributed by atoms with van der Waals surface area (Å²) in [4.78, 5) is 8.39. The lowest BCUT2D eigenvalue weighted by Gasteiger charge is -2.16. The number of hydrogen-bond acceptors (Lipinski definition) is 5. The molecule has 0 saturated carbocycles. The normalized spacial score (nSPS) is 11.6. The average molecular weight is 306 g/mol. The standard InChI is InChI=1S/C14H18N4O2S/c1-3-15-14-8-7-13(10-17-14)21(19,20)18(2)11-12-6-4-5-9-16-12/h4-10H,3,11H2,1-2H3,(H,15,17). The highest BCUT2D eigenvalue weighted by Gasteiger charge is 2.21. The minimum absolute atomic E-state index is 0.169. The van der Waals surface area contributed by atoms with Gasteiger partial charge in [0, 0.05) is 26.0 Å². The van der Waals surface area contributed by atoms with Gasteiger partial charge in [-0.25, -0.2) is 13.4 Å². The average Bonchev–Trinajstić information content (AvgIpc) is 2.49. The molecule has 2 aromatic heterocycles. The molecule has 0 aromatic carbocycles. The summed E-state index contributed by atoms with van der Waals surface area (Å²) in [6.45, 7) is 2.91. The van der Waals surface area contributed by atoms with E-state index in [2.05, 4.69) is 15.3 Å². The zero-order valence-corrected chi connectivity index (χ0v) is 12.8. The second-order valence-corrected chi connectivity index (χ2v) is 6.54. The van der Waals surface area contributed by atoms with Crippen LogP contribution < -0.4 is 5.32 Å². The number of anilines is 1. The van der Waals surface area contributed by atoms with Crippen LogP contribution in [0.3, 0.4) is 0 Å². The molecule has 2 heterocycles. The Bertz CT molecular complexity index is 672. The first-order valence-corrected chi connectivity index (χ1v) is 8.04. The molecule has 0 fully saturated rings. The van der Waals surface area contributed by atoms with Gasteiger partial charge in [-0.3, -0.25) is 4.98 Å². The summed E-state index contributed by atoms with van der Waals surface area (Å²) >= 11 is 0. The van der Waals surface area contributed by atoms with Gasteiger partial charge in [0.15, 0.2) is 0 Å². The molecule has 0 unspecified atom stereocenters. The maximum Gasteiger partial charge on any atom is 0.244 e. The van der Waals surface area contributed by atoms with Gasteiger partial charge in [-0.1, -0.05) is 6.07 Å². The fourth-order valence-corrected chi connectivity index (χ4v) is 2.89. The Labute approximate surface area is 124 Å². The Kier molecular flexibility index (Phi) is 4.87. The molecule has 2 rings (SSSR count). The zero-order valence-electron chi connectivity index (χ0n) is 12.0. The fourth-order valence-electron chi connectivity index (χ4n) is 1.80. The molecule has 0 atom stereocenters. The van der Waals surface area contributed by atoms with E-state index in [1.54, 1.807) is 30.5 Å². The highest BCUT2D eigenvalue weighted by atomic mass is 32.2. The summed E-state index contributed by atoms with van der Waals surface area (Å²) in [6, 6.07) is 8.62. The van der Waals surface area contributed by atoms with Gasteiger partial charge < -0.3 is 5.32 Å². The Morgan fingerprint density at radius 1 is 1.19 bits per heavy atom. The first kappa shape index (κ1) is 15.4. The molecule has 0 bridgehead atoms. The monoisotopic (exact) mass is 306 g/mol. The van der Waals surface area contributed by atoms with Crippen molar-refractivity contribution in [3.05, 3.63) is 48.4 Å². The van der Waals surface area contributed by atoms with Crippen molar-refractivity contribution >= 4 is 15.8 Å². The highest BCUT2D eigenvalue weighted by Crippen LogP contribution is 2.16. The van der Waals surface area contributed by atoms with Crippen LogP contribution in [0.15, 0.2) is 47.6 Å². The lowest BCUT2D eigenvalue weighted by molar-refractivity contribution is 0.462. The molecule has 2 aromatic rings. The number of pyridine rings is 2. The molecule has 0 aliphatic carbocycles. The van der Waals surface area contributed by atoms with Gasteiger partial charge >= 0.3 is 0 Å². The number of sulfonamides is 1. The van der Waals surface area contributed by atoms with Crippen LogP contribution in [0.2, 0.25) is 0 Å². The fraction of sp³-hybridized carbons (Fsp3) is 0.286. The van der Waals surface area contributed by atoms with Crippen LogP contribution in [0.1, 0.15) is 12.6 Å². The van der Waals surface area contributed by atoms with E-state index in [-0.39, 0.29) is 11.4 Å². The first-order chi connectivity index (χ1) is 10.0. The second-order valence-electron chi connectivity index (χ2n) is 4.49. The number of aromatic nitrogens is 2. The molecule has 21 heavy (non-hydrogen) atoms. The molecule has 6 nitrogen and oxygen atoms in total. The zero-order chi connectivity index (χ0) is 15.3. The third-order valence-corrected chi connectivity index (χ3v) is 4.70. The van der Waals surface area contributed by atoms with Crippen LogP contribution in [0.25, 0.3) is 0 Å². The van der Waals surface area contributed by atoms with Crippen molar-refractivity contribution in [1.82, 2.24) is 14.3 Å². The quantitative estimate of drug-likeness (QED) is 0.879. The van der Waals surface area contributed by atoms with Crippen LogP contribution in [0.5, 0.6) is 0 Å². The van der Waals surface area contributed by atoms with Crippen molar-refractivity contribution in [3.8, 4) is 0 Å². The van der Waals surface area contributed by atoms with Gasteiger partial charge in [0.05, 0.1) is 12.2 Å². The smallest absolute Gasteiger partial charge is 0.244 e. The van der Waals surface area contributed by atoms with Crippen LogP contribution in [0, 0.1) is 0 Å². The number of rotatable bonds is 6. The predicted octanol–water partition coefficient (Wildman–Crippen LogP) is 1.73. The van der Waals surface area contributed by atoms with E-state index in [9.17, 15) is 8.42 Å². The maximum atomic E-state index is 12.4. The van der Waals surface area contributed by atoms with Crippen molar-refractivity contribution in [1.29, 1.82) is 0 Å². The number of nitrogens with one attached hydrogen (secondary N) is 1. The van der Waals surface area contributed by atoms with E-state index in [0.717, 1.165) is 6.54 Å². The third-order valence-electron chi connectivity index (χ3n) is 2.91. The van der Waals surface area contributed by atoms with Crippen molar-refractivity contribution < 1.29 is 8.42 Å². The molecule has 0 radical (unpaired) electrons. The minimum Gasteiger partial charge on any atom is -0.370 e. The lowest BCUT2D eigenvalue weighted by Crippen LogP contribution is -2.27. The SMILES string of the molecule is CCNc1ccc(S(=O)(=O)N(C)Cc2ccccn2)cn1. The molecule has 7 heteroatoms. The van der Waals surface area contributed by atoms with E-state index < -0.39 is 10.0 Å². The van der Waals surface area contributed by atoms with Crippen LogP contribution in [-0.2, 0) is 16.6 Å². The molecule has 1 N–H and O–H groups in total. The van der Waals surface area contributed by atoms with Crippen LogP contribution in [0.4, 0.5) is 5.82 Å². The van der Waals surface area contributed by atoms with Gasteiger partial charge in [0.1, 0.15) is 10.7 Å². The predicted molar refractivity (Wildman–Crippen MR) is 81.3 cm³/mol. The maximum absolute atomic E-state index is 12.4. The van der Waals surface area contributed by atoms with Gasteiger partial charge in [-0.05, 0) is 31.2 Å². The summed E-state index contributed by atoms with van der Waals surface area (Å²) in [5.74, 6) is 0.656. The molecule has 0 amide bonds. The van der Waals surface area contributed by atoms with Gasteiger partial charge in [-0.2, -0.15) is 4.31 Å². The van der Waals surface area contributed by atoms with E-state index >= 15 is 0 Å². The van der Waals surface area contributed by atoms with E-state index in [1.165, 1.54) is 17.5 Å². The van der Waals surface area contributed by atoms with Crippen molar-refractivity contribution in [2.24, 2.45) is 0 Å². The molecule has 0 spiro atoms. The van der Waals surface area contributed by atoms with Crippen LogP contribution in [-0.4, -0.2) is 36.3 Å². The molecular formula is C14H18N4O2S. The first-order valence-electron chi connectivity index (χ1n) is 6.60. The minimum atomic E-state index is -3.57. The molecule has 0 aliphatic rings. The Balaban J connectivity index is 2.16. The summed E-state index contributed by atoms with van der Waals surface area (Å²) in [7, 11) is -2.04. The molecule has 112 valence electrons. The molecule has 0 aliphatic heterocycles. The van der Waals surface area contributed by atoms with Gasteiger partial charge in [0.2, 0.25) is 10.0 Å². The summed E-state index contributed by atoms with van der Waals surface area (Å²) in [6.07, 6.45) is 3.00. The summed E-state index contributed by atoms with van der Waals surface area (Å²) < 4.78 is 26.2. The van der Waals surface area contributed by atoms with Crippen LogP contribution >= 0.6 is 0 Å². The van der Waals surface area contributed by atoms with E-state index in [0.29, 0.717) is 11.5 Å². The molecule has 0 saturated heterocycles. The highest BCUT2D eigenvalue weighted by molar-refractivity contribution is 7.89. The Hall–Kier alpha value is -1.99. The van der Waals surface area contributed by atoms with Crippen molar-refractivity contribution in [3.63, 3.8) is 0 Å². The van der Waals surface area contributed by atoms with Gasteiger partial charge in [0.25, 0.3) is 0 Å². The third kappa shape index (κ3) is 3.77. The second kappa shape index (κ2) is 6.64. The Morgan fingerprint density at radius 3 is 2.57 bits per heavy atom. The van der Waals surface area contributed by atoms with Crippen molar-refractivity contribution in [2.75, 3.05) is 18.9 Å². The van der Waals surface area contributed by atoms with Crippen molar-refractivity contribution in [2.45, 2.75) is 18.4 Å². The van der Waals surface area contributed by atoms with Gasteiger partial charge in [-0.15, -0.1) is 0 Å². The largest absolute Gasteiger partial charge is 0.370 e. The van der Waals surface area contributed by atoms with E-state index in [4.69, 9.17) is 0 Å². The topological polar surface area (TPSA) is 75.2 Å². The van der Waals surface area contributed by atoms with E-state index in [1.807, 2.05) is 13.0 Å². The molecular weight excluding hydrogens is 288 g/mol. The summed E-state index contributed by atoms with van der Waals surface area (Å²) in [5, 5.41) is 3.03. The summed E-state index contributed by atoms with van der Waals surface area (Å²) in [5.41, 5.74) is 0.695. The lowest BCUT2D eigenvalue weighted by atomic mass is 10.3. The Morgan fingerprint density at radius 2 is 2.00 bits per heavy atom. The number of nitrogens with zero attached hydrogens (tertiary/aromatic N) is 3.